The number of imidazole rings is 1. The van der Waals surface area contributed by atoms with E-state index in [-0.39, 0.29) is 11.5 Å². The Bertz CT molecular complexity index is 913. The van der Waals surface area contributed by atoms with Gasteiger partial charge in [0.25, 0.3) is 0 Å². The van der Waals surface area contributed by atoms with Crippen molar-refractivity contribution in [3.63, 3.8) is 0 Å². The summed E-state index contributed by atoms with van der Waals surface area (Å²) in [6.07, 6.45) is 3.35. The van der Waals surface area contributed by atoms with Crippen LogP contribution in [0.4, 0.5) is 0 Å². The van der Waals surface area contributed by atoms with Gasteiger partial charge in [0.2, 0.25) is 5.78 Å². The van der Waals surface area contributed by atoms with E-state index >= 15 is 0 Å². The minimum absolute atomic E-state index is 0.00484. The van der Waals surface area contributed by atoms with E-state index in [4.69, 9.17) is 0 Å². The number of hydrogen-bond acceptors (Lipinski definition) is 3. The summed E-state index contributed by atoms with van der Waals surface area (Å²) in [5.74, 6) is 0.00484. The third kappa shape index (κ3) is 2.10. The van der Waals surface area contributed by atoms with Gasteiger partial charge in [-0.1, -0.05) is 0 Å². The quantitative estimate of drug-likeness (QED) is 0.686. The number of aryl methyl sites for hydroxylation is 2. The molecular formula is C15H11BrN2O2S. The van der Waals surface area contributed by atoms with Crippen molar-refractivity contribution in [3.05, 3.63) is 54.0 Å². The number of aromatic nitrogens is 2. The van der Waals surface area contributed by atoms with Crippen molar-refractivity contribution in [3.8, 4) is 0 Å². The van der Waals surface area contributed by atoms with Crippen molar-refractivity contribution < 1.29 is 4.79 Å². The largest absolute Gasteiger partial charge is 0.323 e. The molecule has 0 saturated carbocycles. The van der Waals surface area contributed by atoms with Crippen molar-refractivity contribution in [2.24, 2.45) is 0 Å². The smallest absolute Gasteiger partial charge is 0.306 e. The van der Waals surface area contributed by atoms with Gasteiger partial charge in [-0.05, 0) is 59.0 Å². The first-order valence-corrected chi connectivity index (χ1v) is 8.30. The third-order valence-corrected chi connectivity index (χ3v) is 5.71. The summed E-state index contributed by atoms with van der Waals surface area (Å²) >= 11 is 5.02. The number of benzene rings is 1. The molecule has 1 aromatic carbocycles. The fraction of sp³-hybridized carbons (Fsp3) is 0.200. The minimum atomic E-state index is -0.267. The summed E-state index contributed by atoms with van der Waals surface area (Å²) in [5, 5.41) is 0. The summed E-state index contributed by atoms with van der Waals surface area (Å²) in [4.78, 5) is 31.5. The van der Waals surface area contributed by atoms with Gasteiger partial charge in [-0.2, -0.15) is 0 Å². The fourth-order valence-corrected chi connectivity index (χ4v) is 4.53. The van der Waals surface area contributed by atoms with Crippen molar-refractivity contribution in [2.45, 2.75) is 19.3 Å². The molecule has 2 N–H and O–H groups in total. The molecule has 0 spiro atoms. The molecule has 3 aromatic rings. The van der Waals surface area contributed by atoms with Crippen LogP contribution in [0.25, 0.3) is 11.0 Å². The number of rotatable bonds is 2. The molecule has 0 bridgehead atoms. The lowest BCUT2D eigenvalue weighted by molar-refractivity contribution is 0.104. The van der Waals surface area contributed by atoms with Gasteiger partial charge in [-0.15, -0.1) is 11.3 Å². The SMILES string of the molecule is O=C(c1cc2c(s1)CCC2)c1cc2[nH]c(=O)[nH]c2cc1Br. The first-order valence-electron chi connectivity index (χ1n) is 6.69. The Morgan fingerprint density at radius 3 is 2.67 bits per heavy atom. The highest BCUT2D eigenvalue weighted by Crippen LogP contribution is 2.33. The maximum atomic E-state index is 12.7. The van der Waals surface area contributed by atoms with Gasteiger partial charge in [0.1, 0.15) is 0 Å². The normalized spacial score (nSPS) is 13.8. The summed E-state index contributed by atoms with van der Waals surface area (Å²) in [7, 11) is 0. The highest BCUT2D eigenvalue weighted by molar-refractivity contribution is 9.10. The Morgan fingerprint density at radius 1 is 1.14 bits per heavy atom. The molecule has 0 saturated heterocycles. The van der Waals surface area contributed by atoms with Crippen LogP contribution < -0.4 is 5.69 Å². The van der Waals surface area contributed by atoms with Crippen LogP contribution in [0, 0.1) is 0 Å². The molecule has 0 aliphatic heterocycles. The number of aromatic amines is 2. The average Bonchev–Trinajstić information content (AvgIpc) is 3.09. The monoisotopic (exact) mass is 362 g/mol. The van der Waals surface area contributed by atoms with E-state index in [0.29, 0.717) is 21.1 Å². The lowest BCUT2D eigenvalue weighted by Gasteiger charge is -2.02. The van der Waals surface area contributed by atoms with Crippen LogP contribution in [0.5, 0.6) is 0 Å². The van der Waals surface area contributed by atoms with Gasteiger partial charge in [0, 0.05) is 14.9 Å². The first-order chi connectivity index (χ1) is 10.1. The number of fused-ring (bicyclic) bond motifs is 2. The maximum absolute atomic E-state index is 12.7. The molecule has 2 aromatic heterocycles. The predicted octanol–water partition coefficient (Wildman–Crippen LogP) is 3.40. The fourth-order valence-electron chi connectivity index (χ4n) is 2.80. The number of carbonyl (C=O) groups is 1. The highest BCUT2D eigenvalue weighted by atomic mass is 79.9. The van der Waals surface area contributed by atoms with Crippen molar-refractivity contribution in [2.75, 3.05) is 0 Å². The van der Waals surface area contributed by atoms with Gasteiger partial charge < -0.3 is 9.97 Å². The zero-order valence-corrected chi connectivity index (χ0v) is 13.4. The van der Waals surface area contributed by atoms with Crippen LogP contribution in [0.1, 0.15) is 32.1 Å². The number of thiophene rings is 1. The molecule has 4 rings (SSSR count). The summed E-state index contributed by atoms with van der Waals surface area (Å²) in [6, 6.07) is 5.51. The summed E-state index contributed by atoms with van der Waals surface area (Å²) in [5.41, 5.74) is 2.97. The molecule has 1 aliphatic carbocycles. The Hall–Kier alpha value is -1.66. The molecule has 0 radical (unpaired) electrons. The van der Waals surface area contributed by atoms with Gasteiger partial charge in [-0.25, -0.2) is 4.79 Å². The number of hydrogen-bond donors (Lipinski definition) is 2. The molecule has 4 nitrogen and oxygen atoms in total. The lowest BCUT2D eigenvalue weighted by Crippen LogP contribution is -2.00. The van der Waals surface area contributed by atoms with Gasteiger partial charge >= 0.3 is 5.69 Å². The summed E-state index contributed by atoms with van der Waals surface area (Å²) < 4.78 is 0.698. The second kappa shape index (κ2) is 4.68. The number of nitrogens with one attached hydrogen (secondary N) is 2. The Morgan fingerprint density at radius 2 is 1.90 bits per heavy atom. The number of halogens is 1. The molecule has 2 heterocycles. The summed E-state index contributed by atoms with van der Waals surface area (Å²) in [6.45, 7) is 0. The van der Waals surface area contributed by atoms with E-state index < -0.39 is 0 Å². The molecular weight excluding hydrogens is 352 g/mol. The topological polar surface area (TPSA) is 65.7 Å². The Kier molecular flexibility index (Phi) is 2.90. The predicted molar refractivity (Wildman–Crippen MR) is 86.4 cm³/mol. The van der Waals surface area contributed by atoms with Crippen molar-refractivity contribution in [1.29, 1.82) is 0 Å². The van der Waals surface area contributed by atoms with Crippen LogP contribution in [0.3, 0.4) is 0 Å². The second-order valence-electron chi connectivity index (χ2n) is 5.20. The third-order valence-electron chi connectivity index (χ3n) is 3.82. The second-order valence-corrected chi connectivity index (χ2v) is 7.19. The molecule has 6 heteroatoms. The van der Waals surface area contributed by atoms with Crippen LogP contribution >= 0.6 is 27.3 Å². The van der Waals surface area contributed by atoms with E-state index in [0.717, 1.165) is 17.7 Å². The van der Waals surface area contributed by atoms with Crippen LogP contribution in [-0.4, -0.2) is 15.8 Å². The number of ketones is 1. The molecule has 0 unspecified atom stereocenters. The standard InChI is InChI=1S/C15H11BrN2O2S/c16-9-6-11-10(17-15(20)18-11)5-8(9)14(19)13-4-7-2-1-3-12(7)21-13/h4-6H,1-3H2,(H2,17,18,20). The van der Waals surface area contributed by atoms with Gasteiger partial charge in [0.15, 0.2) is 0 Å². The molecule has 1 aliphatic rings. The zero-order valence-electron chi connectivity index (χ0n) is 11.0. The average molecular weight is 363 g/mol. The maximum Gasteiger partial charge on any atom is 0.323 e. The van der Waals surface area contributed by atoms with Crippen LogP contribution in [0.2, 0.25) is 0 Å². The lowest BCUT2D eigenvalue weighted by atomic mass is 10.1. The Labute approximate surface area is 132 Å². The van der Waals surface area contributed by atoms with Crippen molar-refractivity contribution >= 4 is 44.1 Å². The van der Waals surface area contributed by atoms with E-state index in [2.05, 4.69) is 25.9 Å². The van der Waals surface area contributed by atoms with Crippen molar-refractivity contribution in [1.82, 2.24) is 9.97 Å². The molecule has 0 atom stereocenters. The van der Waals surface area contributed by atoms with Crippen LogP contribution in [-0.2, 0) is 12.8 Å². The van der Waals surface area contributed by atoms with E-state index in [9.17, 15) is 9.59 Å². The molecule has 106 valence electrons. The number of H-pyrrole nitrogens is 2. The molecule has 0 amide bonds. The zero-order chi connectivity index (χ0) is 14.6. The highest BCUT2D eigenvalue weighted by Gasteiger charge is 2.21. The minimum Gasteiger partial charge on any atom is -0.306 e. The molecule has 21 heavy (non-hydrogen) atoms. The Balaban J connectivity index is 1.82. The molecule has 0 fully saturated rings. The van der Waals surface area contributed by atoms with E-state index in [1.807, 2.05) is 6.07 Å². The number of carbonyl (C=O) groups excluding carboxylic acids is 1. The van der Waals surface area contributed by atoms with Crippen LogP contribution in [0.15, 0.2) is 27.5 Å². The van der Waals surface area contributed by atoms with Gasteiger partial charge in [-0.3, -0.25) is 4.79 Å². The van der Waals surface area contributed by atoms with E-state index in [1.165, 1.54) is 16.9 Å². The van der Waals surface area contributed by atoms with E-state index in [1.54, 1.807) is 23.5 Å². The van der Waals surface area contributed by atoms with Gasteiger partial charge in [0.05, 0.1) is 15.9 Å². The first kappa shape index (κ1) is 13.0.